The first-order valence-corrected chi connectivity index (χ1v) is 6.41. The molecule has 0 bridgehead atoms. The minimum absolute atomic E-state index is 0.441. The first-order chi connectivity index (χ1) is 9.16. The highest BCUT2D eigenvalue weighted by Gasteiger charge is 2.23. The van der Waals surface area contributed by atoms with Crippen molar-refractivity contribution in [3.05, 3.63) is 10.7 Å². The number of amides is 1. The van der Waals surface area contributed by atoms with Crippen molar-refractivity contribution in [1.82, 2.24) is 29.9 Å². The van der Waals surface area contributed by atoms with Crippen LogP contribution in [0, 0.1) is 0 Å². The molecular weight excluding hydrogens is 318 g/mol. The molecule has 1 aliphatic heterocycles. The molecule has 1 saturated heterocycles. The fourth-order valence-corrected chi connectivity index (χ4v) is 2.36. The zero-order valence-electron chi connectivity index (χ0n) is 9.77. The van der Waals surface area contributed by atoms with Crippen LogP contribution in [0.3, 0.4) is 0 Å². The average Bonchev–Trinajstić information content (AvgIpc) is 2.89. The molecule has 1 N–H and O–H groups in total. The van der Waals surface area contributed by atoms with Gasteiger partial charge in [0.2, 0.25) is 5.95 Å². The van der Waals surface area contributed by atoms with Crippen LogP contribution in [0.15, 0.2) is 10.7 Å². The van der Waals surface area contributed by atoms with Crippen LogP contribution < -0.4 is 4.90 Å². The molecule has 1 amide bonds. The van der Waals surface area contributed by atoms with Gasteiger partial charge in [-0.1, -0.05) is 0 Å². The summed E-state index contributed by atoms with van der Waals surface area (Å²) in [5.74, 6) is 0.619. The molecule has 19 heavy (non-hydrogen) atoms. The van der Waals surface area contributed by atoms with Crippen LogP contribution in [-0.2, 0) is 0 Å². The highest BCUT2D eigenvalue weighted by atomic mass is 79.9. The quantitative estimate of drug-likeness (QED) is 0.791. The Morgan fingerprint density at radius 2 is 2.05 bits per heavy atom. The lowest BCUT2D eigenvalue weighted by atomic mass is 10.3. The minimum Gasteiger partial charge on any atom is -0.465 e. The van der Waals surface area contributed by atoms with E-state index >= 15 is 0 Å². The molecule has 0 spiro atoms. The summed E-state index contributed by atoms with van der Waals surface area (Å²) < 4.78 is 2.26. The van der Waals surface area contributed by atoms with E-state index in [1.807, 2.05) is 4.90 Å². The average molecular weight is 328 g/mol. The van der Waals surface area contributed by atoms with E-state index < -0.39 is 6.09 Å². The lowest BCUT2D eigenvalue weighted by Gasteiger charge is -2.33. The number of tetrazole rings is 1. The lowest BCUT2D eigenvalue weighted by molar-refractivity contribution is 0.142. The predicted molar refractivity (Wildman–Crippen MR) is 68.1 cm³/mol. The van der Waals surface area contributed by atoms with Gasteiger partial charge in [0, 0.05) is 32.4 Å². The molecule has 2 aromatic heterocycles. The number of hydrogen-bond donors (Lipinski definition) is 1. The Bertz CT molecular complexity index is 622. The molecule has 0 aromatic carbocycles. The first-order valence-electron chi connectivity index (χ1n) is 5.62. The SMILES string of the molecule is O=C(O)N1CCN(c2ncc(Br)c3nnnn23)CC1. The van der Waals surface area contributed by atoms with E-state index in [1.165, 1.54) is 4.90 Å². The van der Waals surface area contributed by atoms with Gasteiger partial charge in [-0.2, -0.15) is 4.52 Å². The largest absolute Gasteiger partial charge is 0.465 e. The summed E-state index contributed by atoms with van der Waals surface area (Å²) in [4.78, 5) is 18.5. The summed E-state index contributed by atoms with van der Waals surface area (Å²) in [6.07, 6.45) is 0.751. The highest BCUT2D eigenvalue weighted by molar-refractivity contribution is 9.10. The smallest absolute Gasteiger partial charge is 0.407 e. The molecule has 0 saturated carbocycles. The summed E-state index contributed by atoms with van der Waals surface area (Å²) in [6.45, 7) is 2.01. The molecule has 1 aliphatic rings. The summed E-state index contributed by atoms with van der Waals surface area (Å²) >= 11 is 3.33. The summed E-state index contributed by atoms with van der Waals surface area (Å²) in [7, 11) is 0. The molecule has 0 unspecified atom stereocenters. The Kier molecular flexibility index (Phi) is 2.93. The van der Waals surface area contributed by atoms with Gasteiger partial charge in [0.15, 0.2) is 5.65 Å². The van der Waals surface area contributed by atoms with Gasteiger partial charge in [-0.15, -0.1) is 5.10 Å². The summed E-state index contributed by atoms with van der Waals surface area (Å²) in [5.41, 5.74) is 0.589. The number of nitrogens with zero attached hydrogens (tertiary/aromatic N) is 7. The van der Waals surface area contributed by atoms with Gasteiger partial charge in [0.25, 0.3) is 0 Å². The van der Waals surface area contributed by atoms with Crippen LogP contribution in [0.25, 0.3) is 5.65 Å². The number of piperazine rings is 1. The summed E-state index contributed by atoms with van der Waals surface area (Å²) in [6, 6.07) is 0. The van der Waals surface area contributed by atoms with E-state index in [0.717, 1.165) is 0 Å². The third kappa shape index (κ3) is 2.07. The van der Waals surface area contributed by atoms with Gasteiger partial charge in [-0.05, 0) is 26.4 Å². The van der Waals surface area contributed by atoms with E-state index in [4.69, 9.17) is 5.11 Å². The number of fused-ring (bicyclic) bond motifs is 1. The number of aromatic nitrogens is 5. The number of carboxylic acid groups (broad SMARTS) is 1. The molecular formula is C9H10BrN7O2. The summed E-state index contributed by atoms with van der Waals surface area (Å²) in [5, 5.41) is 20.3. The first kappa shape index (κ1) is 12.1. The second-order valence-corrected chi connectivity index (χ2v) is 4.93. The monoisotopic (exact) mass is 327 g/mol. The Labute approximate surface area is 115 Å². The highest BCUT2D eigenvalue weighted by Crippen LogP contribution is 2.19. The second kappa shape index (κ2) is 4.61. The Morgan fingerprint density at radius 3 is 2.74 bits per heavy atom. The van der Waals surface area contributed by atoms with Gasteiger partial charge >= 0.3 is 6.09 Å². The van der Waals surface area contributed by atoms with Crippen molar-refractivity contribution >= 4 is 33.6 Å². The number of rotatable bonds is 1. The molecule has 9 nitrogen and oxygen atoms in total. The third-order valence-corrected chi connectivity index (χ3v) is 3.56. The molecule has 3 rings (SSSR count). The molecule has 0 aliphatic carbocycles. The molecule has 3 heterocycles. The maximum absolute atomic E-state index is 10.9. The van der Waals surface area contributed by atoms with E-state index in [1.54, 1.807) is 10.7 Å². The molecule has 10 heteroatoms. The lowest BCUT2D eigenvalue weighted by Crippen LogP contribution is -2.49. The second-order valence-electron chi connectivity index (χ2n) is 4.08. The van der Waals surface area contributed by atoms with Crippen molar-refractivity contribution in [3.63, 3.8) is 0 Å². The van der Waals surface area contributed by atoms with Crippen LogP contribution >= 0.6 is 15.9 Å². The fourth-order valence-electron chi connectivity index (χ4n) is 2.01. The van der Waals surface area contributed by atoms with Gasteiger partial charge in [0.1, 0.15) is 0 Å². The van der Waals surface area contributed by atoms with E-state index in [-0.39, 0.29) is 0 Å². The van der Waals surface area contributed by atoms with Crippen molar-refractivity contribution < 1.29 is 9.90 Å². The van der Waals surface area contributed by atoms with Crippen molar-refractivity contribution in [1.29, 1.82) is 0 Å². The van der Waals surface area contributed by atoms with E-state index in [9.17, 15) is 4.79 Å². The van der Waals surface area contributed by atoms with Crippen molar-refractivity contribution in [2.45, 2.75) is 0 Å². The Morgan fingerprint density at radius 1 is 1.32 bits per heavy atom. The normalized spacial score (nSPS) is 16.1. The number of halogens is 1. The van der Waals surface area contributed by atoms with Crippen molar-refractivity contribution in [2.75, 3.05) is 31.1 Å². The minimum atomic E-state index is -0.893. The molecule has 0 radical (unpaired) electrons. The van der Waals surface area contributed by atoms with Crippen LogP contribution in [0.1, 0.15) is 0 Å². The van der Waals surface area contributed by atoms with Crippen molar-refractivity contribution in [3.8, 4) is 0 Å². The maximum Gasteiger partial charge on any atom is 0.407 e. The molecule has 1 fully saturated rings. The standard InChI is InChI=1S/C9H10BrN7O2/c10-6-5-11-8(17-7(6)12-13-14-17)15-1-3-16(4-2-15)9(18)19/h5H,1-4H2,(H,18,19). The zero-order chi connectivity index (χ0) is 13.4. The van der Waals surface area contributed by atoms with E-state index in [2.05, 4.69) is 36.4 Å². The van der Waals surface area contributed by atoms with E-state index in [0.29, 0.717) is 42.2 Å². The Hall–Kier alpha value is -1.97. The third-order valence-electron chi connectivity index (χ3n) is 3.00. The van der Waals surface area contributed by atoms with Crippen molar-refractivity contribution in [2.24, 2.45) is 0 Å². The maximum atomic E-state index is 10.9. The van der Waals surface area contributed by atoms with Gasteiger partial charge < -0.3 is 14.9 Å². The zero-order valence-corrected chi connectivity index (χ0v) is 11.4. The van der Waals surface area contributed by atoms with Gasteiger partial charge in [0.05, 0.1) is 4.47 Å². The van der Waals surface area contributed by atoms with Crippen LogP contribution in [0.4, 0.5) is 10.7 Å². The Balaban J connectivity index is 1.88. The number of carbonyl (C=O) groups is 1. The molecule has 0 atom stereocenters. The number of hydrogen-bond acceptors (Lipinski definition) is 6. The van der Waals surface area contributed by atoms with Crippen LogP contribution in [-0.4, -0.2) is 67.3 Å². The van der Waals surface area contributed by atoms with Gasteiger partial charge in [-0.3, -0.25) is 0 Å². The van der Waals surface area contributed by atoms with Gasteiger partial charge in [-0.25, -0.2) is 9.78 Å². The van der Waals surface area contributed by atoms with Crippen LogP contribution in [0.5, 0.6) is 0 Å². The molecule has 100 valence electrons. The van der Waals surface area contributed by atoms with Crippen LogP contribution in [0.2, 0.25) is 0 Å². The predicted octanol–water partition coefficient (Wildman–Crippen LogP) is 0.0818. The number of anilines is 1. The molecule has 2 aromatic rings. The topological polar surface area (TPSA) is 99.8 Å². The fraction of sp³-hybridized carbons (Fsp3) is 0.444.